The summed E-state index contributed by atoms with van der Waals surface area (Å²) in [6.07, 6.45) is 8.46. The van der Waals surface area contributed by atoms with Gasteiger partial charge in [-0.2, -0.15) is 0 Å². The average Bonchev–Trinajstić information content (AvgIpc) is 2.70. The molecule has 0 spiro atoms. The summed E-state index contributed by atoms with van der Waals surface area (Å²) in [4.78, 5) is 0. The molecule has 0 unspecified atom stereocenters. The van der Waals surface area contributed by atoms with Gasteiger partial charge in [0.05, 0.1) is 0 Å². The number of rotatable bonds is 5. The van der Waals surface area contributed by atoms with E-state index in [2.05, 4.69) is 6.58 Å². The maximum absolute atomic E-state index is 5.63. The molecule has 0 radical (unpaired) electrons. The van der Waals surface area contributed by atoms with Gasteiger partial charge >= 0.3 is 0 Å². The van der Waals surface area contributed by atoms with Gasteiger partial charge in [-0.15, -0.1) is 19.0 Å². The summed E-state index contributed by atoms with van der Waals surface area (Å²) in [6, 6.07) is 0. The lowest BCUT2D eigenvalue weighted by molar-refractivity contribution is 0.462. The summed E-state index contributed by atoms with van der Waals surface area (Å²) >= 11 is 0. The first kappa shape index (κ1) is 11.0. The van der Waals surface area contributed by atoms with E-state index in [4.69, 9.17) is 5.73 Å². The molecular formula is C9H18ClN. The van der Waals surface area contributed by atoms with E-state index in [1.165, 1.54) is 25.7 Å². The van der Waals surface area contributed by atoms with Crippen molar-refractivity contribution in [1.29, 1.82) is 0 Å². The van der Waals surface area contributed by atoms with Crippen LogP contribution in [0.1, 0.15) is 32.1 Å². The third kappa shape index (κ3) is 3.26. The van der Waals surface area contributed by atoms with Gasteiger partial charge in [0.25, 0.3) is 0 Å². The number of allylic oxidation sites excluding steroid dienone is 1. The highest BCUT2D eigenvalue weighted by molar-refractivity contribution is 5.85. The Morgan fingerprint density at radius 2 is 2.09 bits per heavy atom. The molecule has 1 aliphatic rings. The number of nitrogens with two attached hydrogens (primary N) is 1. The summed E-state index contributed by atoms with van der Waals surface area (Å²) in [7, 11) is 0. The Balaban J connectivity index is 0.000001000. The molecule has 1 aliphatic carbocycles. The molecular weight excluding hydrogens is 158 g/mol. The van der Waals surface area contributed by atoms with Gasteiger partial charge in [-0.1, -0.05) is 6.08 Å². The van der Waals surface area contributed by atoms with Crippen LogP contribution in [-0.4, -0.2) is 6.54 Å². The van der Waals surface area contributed by atoms with Crippen LogP contribution in [0.25, 0.3) is 0 Å². The smallest absolute Gasteiger partial charge is 0.00205 e. The Morgan fingerprint density at radius 3 is 2.45 bits per heavy atom. The highest BCUT2D eigenvalue weighted by Gasteiger charge is 2.39. The minimum absolute atomic E-state index is 0. The molecule has 0 aromatic heterocycles. The molecule has 1 nitrogen and oxygen atoms in total. The van der Waals surface area contributed by atoms with E-state index in [0.717, 1.165) is 13.0 Å². The van der Waals surface area contributed by atoms with Gasteiger partial charge in [-0.05, 0) is 44.1 Å². The summed E-state index contributed by atoms with van der Waals surface area (Å²) in [5, 5.41) is 0. The predicted molar refractivity (Wildman–Crippen MR) is 52.0 cm³/mol. The summed E-state index contributed by atoms with van der Waals surface area (Å²) < 4.78 is 0. The largest absolute Gasteiger partial charge is 0.330 e. The van der Waals surface area contributed by atoms with Gasteiger partial charge in [-0.3, -0.25) is 0 Å². The minimum atomic E-state index is 0. The van der Waals surface area contributed by atoms with Crippen molar-refractivity contribution in [3.05, 3.63) is 12.7 Å². The van der Waals surface area contributed by atoms with Crippen LogP contribution in [0.4, 0.5) is 0 Å². The Morgan fingerprint density at radius 1 is 1.45 bits per heavy atom. The fourth-order valence-corrected chi connectivity index (χ4v) is 1.35. The zero-order valence-electron chi connectivity index (χ0n) is 7.01. The fourth-order valence-electron chi connectivity index (χ4n) is 1.35. The van der Waals surface area contributed by atoms with E-state index in [1.54, 1.807) is 0 Å². The van der Waals surface area contributed by atoms with E-state index >= 15 is 0 Å². The fraction of sp³-hybridized carbons (Fsp3) is 0.778. The Labute approximate surface area is 75.5 Å². The molecule has 0 aromatic carbocycles. The van der Waals surface area contributed by atoms with Crippen molar-refractivity contribution < 1.29 is 0 Å². The molecule has 0 amide bonds. The topological polar surface area (TPSA) is 26.0 Å². The summed E-state index contributed by atoms with van der Waals surface area (Å²) in [6.45, 7) is 4.59. The molecule has 0 heterocycles. The summed E-state index contributed by atoms with van der Waals surface area (Å²) in [5.74, 6) is 0. The number of hydrogen-bond donors (Lipinski definition) is 1. The standard InChI is InChI=1S/C9H17N.ClH/c1-2-3-4-5-9(8-10)6-7-9;/h2H,1,3-8,10H2;1H. The van der Waals surface area contributed by atoms with Crippen molar-refractivity contribution in [1.82, 2.24) is 0 Å². The van der Waals surface area contributed by atoms with E-state index < -0.39 is 0 Å². The molecule has 0 saturated heterocycles. The zero-order chi connectivity index (χ0) is 7.45. The molecule has 2 N–H and O–H groups in total. The van der Waals surface area contributed by atoms with Gasteiger partial charge in [0.2, 0.25) is 0 Å². The van der Waals surface area contributed by atoms with Crippen LogP contribution < -0.4 is 5.73 Å². The first-order valence-corrected chi connectivity index (χ1v) is 4.14. The molecule has 11 heavy (non-hydrogen) atoms. The first-order chi connectivity index (χ1) is 4.83. The number of hydrogen-bond acceptors (Lipinski definition) is 1. The van der Waals surface area contributed by atoms with Crippen molar-refractivity contribution >= 4 is 12.4 Å². The maximum atomic E-state index is 5.63. The lowest BCUT2D eigenvalue weighted by atomic mass is 9.99. The van der Waals surface area contributed by atoms with Crippen molar-refractivity contribution in [3.63, 3.8) is 0 Å². The molecule has 0 aliphatic heterocycles. The van der Waals surface area contributed by atoms with Crippen molar-refractivity contribution in [2.75, 3.05) is 6.54 Å². The van der Waals surface area contributed by atoms with Gasteiger partial charge in [-0.25, -0.2) is 0 Å². The second-order valence-corrected chi connectivity index (χ2v) is 3.39. The SMILES string of the molecule is C=CCCCC1(CN)CC1.Cl. The number of unbranched alkanes of at least 4 members (excludes halogenated alkanes) is 1. The quantitative estimate of drug-likeness (QED) is 0.505. The van der Waals surface area contributed by atoms with Gasteiger partial charge in [0.15, 0.2) is 0 Å². The highest BCUT2D eigenvalue weighted by atomic mass is 35.5. The van der Waals surface area contributed by atoms with Crippen LogP contribution in [0.15, 0.2) is 12.7 Å². The highest BCUT2D eigenvalue weighted by Crippen LogP contribution is 2.48. The molecule has 66 valence electrons. The second kappa shape index (κ2) is 4.78. The van der Waals surface area contributed by atoms with E-state index in [0.29, 0.717) is 5.41 Å². The van der Waals surface area contributed by atoms with Crippen molar-refractivity contribution in [3.8, 4) is 0 Å². The van der Waals surface area contributed by atoms with Crippen LogP contribution in [-0.2, 0) is 0 Å². The minimum Gasteiger partial charge on any atom is -0.330 e. The van der Waals surface area contributed by atoms with Crippen LogP contribution in [0.5, 0.6) is 0 Å². The Kier molecular flexibility index (Phi) is 4.78. The van der Waals surface area contributed by atoms with Crippen molar-refractivity contribution in [2.45, 2.75) is 32.1 Å². The molecule has 2 heteroatoms. The third-order valence-electron chi connectivity index (χ3n) is 2.51. The molecule has 1 rings (SSSR count). The number of halogens is 1. The van der Waals surface area contributed by atoms with E-state index in [9.17, 15) is 0 Å². The van der Waals surface area contributed by atoms with Gasteiger partial charge in [0.1, 0.15) is 0 Å². The van der Waals surface area contributed by atoms with E-state index in [1.807, 2.05) is 6.08 Å². The molecule has 1 saturated carbocycles. The second-order valence-electron chi connectivity index (χ2n) is 3.39. The first-order valence-electron chi connectivity index (χ1n) is 4.14. The molecule has 1 fully saturated rings. The molecule has 0 bridgehead atoms. The predicted octanol–water partition coefficient (Wildman–Crippen LogP) is 2.50. The van der Waals surface area contributed by atoms with Crippen LogP contribution >= 0.6 is 12.4 Å². The zero-order valence-corrected chi connectivity index (χ0v) is 7.83. The van der Waals surface area contributed by atoms with Gasteiger partial charge < -0.3 is 5.73 Å². The summed E-state index contributed by atoms with van der Waals surface area (Å²) in [5.41, 5.74) is 6.20. The normalized spacial score (nSPS) is 18.6. The average molecular weight is 176 g/mol. The maximum Gasteiger partial charge on any atom is -0.00205 e. The molecule has 0 aromatic rings. The van der Waals surface area contributed by atoms with Crippen LogP contribution in [0, 0.1) is 5.41 Å². The monoisotopic (exact) mass is 175 g/mol. The lowest BCUT2D eigenvalue weighted by Crippen LogP contribution is -2.14. The van der Waals surface area contributed by atoms with Gasteiger partial charge in [0, 0.05) is 0 Å². The van der Waals surface area contributed by atoms with E-state index in [-0.39, 0.29) is 12.4 Å². The van der Waals surface area contributed by atoms with Crippen LogP contribution in [0.3, 0.4) is 0 Å². The lowest BCUT2D eigenvalue weighted by Gasteiger charge is -2.09. The molecule has 0 atom stereocenters. The van der Waals surface area contributed by atoms with Crippen molar-refractivity contribution in [2.24, 2.45) is 11.1 Å². The Hall–Kier alpha value is -0.0100. The Bertz CT molecular complexity index is 119. The third-order valence-corrected chi connectivity index (χ3v) is 2.51. The van der Waals surface area contributed by atoms with Crippen LogP contribution in [0.2, 0.25) is 0 Å².